The maximum Gasteiger partial charge on any atom is 0.323 e. The number of carboxylic acid groups (broad SMARTS) is 1. The summed E-state index contributed by atoms with van der Waals surface area (Å²) in [6.45, 7) is -0.548. The van der Waals surface area contributed by atoms with E-state index in [0.717, 1.165) is 11.0 Å². The van der Waals surface area contributed by atoms with Gasteiger partial charge in [0.25, 0.3) is 5.91 Å². The molecule has 24 heavy (non-hydrogen) atoms. The Kier molecular flexibility index (Phi) is 4.30. The van der Waals surface area contributed by atoms with Crippen LogP contribution in [-0.2, 0) is 9.59 Å². The number of carbonyl (C=O) groups is 2. The summed E-state index contributed by atoms with van der Waals surface area (Å²) >= 11 is 11.8. The second-order valence-corrected chi connectivity index (χ2v) is 5.99. The molecule has 0 aromatic heterocycles. The van der Waals surface area contributed by atoms with Crippen molar-refractivity contribution in [1.82, 2.24) is 0 Å². The maximum atomic E-state index is 13.5. The van der Waals surface area contributed by atoms with Gasteiger partial charge in [0.15, 0.2) is 0 Å². The van der Waals surface area contributed by atoms with Crippen LogP contribution in [0.15, 0.2) is 36.4 Å². The number of anilines is 1. The van der Waals surface area contributed by atoms with Gasteiger partial charge in [-0.2, -0.15) is 0 Å². The average Bonchev–Trinajstić information content (AvgIpc) is 2.76. The van der Waals surface area contributed by atoms with E-state index in [4.69, 9.17) is 28.3 Å². The Balaban J connectivity index is 2.11. The lowest BCUT2D eigenvalue weighted by Gasteiger charge is -2.13. The number of aliphatic carboxylic acids is 1. The van der Waals surface area contributed by atoms with E-state index in [1.165, 1.54) is 12.1 Å². The van der Waals surface area contributed by atoms with E-state index in [9.17, 15) is 14.0 Å². The number of fused-ring (bicyclic) bond motifs is 1. The van der Waals surface area contributed by atoms with Crippen LogP contribution in [0.25, 0.3) is 11.6 Å². The summed E-state index contributed by atoms with van der Waals surface area (Å²) in [5.74, 6) is -2.24. The summed E-state index contributed by atoms with van der Waals surface area (Å²) in [7, 11) is 0. The van der Waals surface area contributed by atoms with E-state index in [1.54, 1.807) is 24.3 Å². The number of benzene rings is 2. The molecule has 1 amide bonds. The standard InChI is InChI=1S/C17H10Cl2FNO3/c18-13-4-1-9(6-14(13)19)5-12-11-3-2-10(20)7-15(11)21(17(12)24)8-16(22)23/h1-7H,8H2,(H,22,23). The molecule has 1 heterocycles. The molecule has 0 radical (unpaired) electrons. The molecule has 0 unspecified atom stereocenters. The molecule has 4 nitrogen and oxygen atoms in total. The Morgan fingerprint density at radius 2 is 1.92 bits per heavy atom. The van der Waals surface area contributed by atoms with Crippen LogP contribution in [-0.4, -0.2) is 23.5 Å². The van der Waals surface area contributed by atoms with Crippen molar-refractivity contribution >= 4 is 52.4 Å². The topological polar surface area (TPSA) is 57.6 Å². The van der Waals surface area contributed by atoms with Crippen LogP contribution in [0.5, 0.6) is 0 Å². The van der Waals surface area contributed by atoms with Crippen molar-refractivity contribution < 1.29 is 19.1 Å². The van der Waals surface area contributed by atoms with E-state index in [2.05, 4.69) is 0 Å². The van der Waals surface area contributed by atoms with Crippen molar-refractivity contribution in [3.63, 3.8) is 0 Å². The van der Waals surface area contributed by atoms with Gasteiger partial charge in [-0.05, 0) is 42.0 Å². The molecule has 0 fully saturated rings. The van der Waals surface area contributed by atoms with Crippen LogP contribution < -0.4 is 4.90 Å². The molecule has 0 bridgehead atoms. The summed E-state index contributed by atoms with van der Waals surface area (Å²) in [4.78, 5) is 24.6. The number of halogens is 3. The molecule has 1 aliphatic rings. The Hall–Kier alpha value is -2.37. The quantitative estimate of drug-likeness (QED) is 0.832. The maximum absolute atomic E-state index is 13.5. The number of rotatable bonds is 3. The lowest BCUT2D eigenvalue weighted by Crippen LogP contribution is -2.32. The van der Waals surface area contributed by atoms with Gasteiger partial charge in [0, 0.05) is 11.1 Å². The van der Waals surface area contributed by atoms with E-state index in [1.807, 2.05) is 0 Å². The fraction of sp³-hybridized carbons (Fsp3) is 0.0588. The van der Waals surface area contributed by atoms with Crippen LogP contribution in [0.4, 0.5) is 10.1 Å². The highest BCUT2D eigenvalue weighted by Gasteiger charge is 2.33. The molecular weight excluding hydrogens is 356 g/mol. The number of hydrogen-bond acceptors (Lipinski definition) is 2. The molecule has 1 aliphatic heterocycles. The van der Waals surface area contributed by atoms with Gasteiger partial charge >= 0.3 is 5.97 Å². The van der Waals surface area contributed by atoms with E-state index in [0.29, 0.717) is 21.2 Å². The zero-order chi connectivity index (χ0) is 17.4. The van der Waals surface area contributed by atoms with Crippen molar-refractivity contribution in [2.24, 2.45) is 0 Å². The molecule has 7 heteroatoms. The Labute approximate surface area is 146 Å². The largest absolute Gasteiger partial charge is 0.480 e. The normalized spacial score (nSPS) is 15.0. The SMILES string of the molecule is O=C(O)CN1C(=O)C(=Cc2ccc(Cl)c(Cl)c2)c2ccc(F)cc21. The fourth-order valence-corrected chi connectivity index (χ4v) is 2.83. The van der Waals surface area contributed by atoms with Crippen LogP contribution in [0.3, 0.4) is 0 Å². The molecule has 0 atom stereocenters. The van der Waals surface area contributed by atoms with Crippen LogP contribution in [0.2, 0.25) is 10.0 Å². The predicted octanol–water partition coefficient (Wildman–Crippen LogP) is 4.10. The number of carboxylic acids is 1. The number of carbonyl (C=O) groups excluding carboxylic acids is 1. The molecule has 122 valence electrons. The first-order chi connectivity index (χ1) is 11.4. The first-order valence-electron chi connectivity index (χ1n) is 6.87. The molecule has 2 aromatic carbocycles. The molecule has 2 aromatic rings. The van der Waals surface area contributed by atoms with Gasteiger partial charge in [-0.3, -0.25) is 14.5 Å². The average molecular weight is 366 g/mol. The van der Waals surface area contributed by atoms with E-state index < -0.39 is 24.2 Å². The third kappa shape index (κ3) is 3.00. The minimum Gasteiger partial charge on any atom is -0.480 e. The van der Waals surface area contributed by atoms with Gasteiger partial charge in [0.1, 0.15) is 12.4 Å². The third-order valence-corrected chi connectivity index (χ3v) is 4.30. The van der Waals surface area contributed by atoms with E-state index in [-0.39, 0.29) is 11.3 Å². The zero-order valence-corrected chi connectivity index (χ0v) is 13.6. The van der Waals surface area contributed by atoms with Gasteiger partial charge in [-0.1, -0.05) is 29.3 Å². The smallest absolute Gasteiger partial charge is 0.323 e. The van der Waals surface area contributed by atoms with Gasteiger partial charge in [0.2, 0.25) is 0 Å². The Morgan fingerprint density at radius 1 is 1.17 bits per heavy atom. The lowest BCUT2D eigenvalue weighted by atomic mass is 10.0. The minimum atomic E-state index is -1.19. The fourth-order valence-electron chi connectivity index (χ4n) is 2.53. The zero-order valence-electron chi connectivity index (χ0n) is 12.1. The molecule has 0 aliphatic carbocycles. The predicted molar refractivity (Wildman–Crippen MR) is 90.7 cm³/mol. The van der Waals surface area contributed by atoms with Crippen molar-refractivity contribution in [3.8, 4) is 0 Å². The monoisotopic (exact) mass is 365 g/mol. The summed E-state index contributed by atoms with van der Waals surface area (Å²) in [5.41, 5.74) is 1.59. The van der Waals surface area contributed by atoms with Crippen LogP contribution in [0, 0.1) is 5.82 Å². The van der Waals surface area contributed by atoms with Crippen molar-refractivity contribution in [3.05, 3.63) is 63.4 Å². The summed E-state index contributed by atoms with van der Waals surface area (Å²) in [6.07, 6.45) is 1.57. The highest BCUT2D eigenvalue weighted by Crippen LogP contribution is 2.38. The first kappa shape index (κ1) is 16.5. The van der Waals surface area contributed by atoms with E-state index >= 15 is 0 Å². The molecule has 0 saturated carbocycles. The second-order valence-electron chi connectivity index (χ2n) is 5.18. The summed E-state index contributed by atoms with van der Waals surface area (Å²) in [5, 5.41) is 9.70. The number of nitrogens with zero attached hydrogens (tertiary/aromatic N) is 1. The Bertz CT molecular complexity index is 895. The van der Waals surface area contributed by atoms with Gasteiger partial charge in [0.05, 0.1) is 15.7 Å². The van der Waals surface area contributed by atoms with Gasteiger partial charge in [-0.15, -0.1) is 0 Å². The van der Waals surface area contributed by atoms with Gasteiger partial charge < -0.3 is 5.11 Å². The second kappa shape index (κ2) is 6.26. The van der Waals surface area contributed by atoms with Gasteiger partial charge in [-0.25, -0.2) is 4.39 Å². The summed E-state index contributed by atoms with van der Waals surface area (Å²) < 4.78 is 13.5. The third-order valence-electron chi connectivity index (χ3n) is 3.56. The highest BCUT2D eigenvalue weighted by molar-refractivity contribution is 6.42. The number of amides is 1. The highest BCUT2D eigenvalue weighted by atomic mass is 35.5. The van der Waals surface area contributed by atoms with Crippen molar-refractivity contribution in [2.75, 3.05) is 11.4 Å². The molecule has 0 spiro atoms. The molecular formula is C17H10Cl2FNO3. The van der Waals surface area contributed by atoms with Crippen molar-refractivity contribution in [1.29, 1.82) is 0 Å². The van der Waals surface area contributed by atoms with Crippen LogP contribution >= 0.6 is 23.2 Å². The van der Waals surface area contributed by atoms with Crippen molar-refractivity contribution in [2.45, 2.75) is 0 Å². The summed E-state index contributed by atoms with van der Waals surface area (Å²) in [6, 6.07) is 8.68. The van der Waals surface area contributed by atoms with Crippen LogP contribution in [0.1, 0.15) is 11.1 Å². The first-order valence-corrected chi connectivity index (χ1v) is 7.63. The number of hydrogen-bond donors (Lipinski definition) is 1. The Morgan fingerprint density at radius 3 is 2.58 bits per heavy atom. The molecule has 1 N–H and O–H groups in total. The molecule has 0 saturated heterocycles. The lowest BCUT2D eigenvalue weighted by molar-refractivity contribution is -0.136. The minimum absolute atomic E-state index is 0.230. The molecule has 3 rings (SSSR count).